The second-order valence-electron chi connectivity index (χ2n) is 4.19. The van der Waals surface area contributed by atoms with E-state index in [1.807, 2.05) is 6.07 Å². The Labute approximate surface area is 97.6 Å². The lowest BCUT2D eigenvalue weighted by Crippen LogP contribution is -2.34. The molecule has 4 heteroatoms. The molecule has 0 bridgehead atoms. The molecular formula is C11H15BrFNO. The first-order chi connectivity index (χ1) is 6.87. The van der Waals surface area contributed by atoms with Gasteiger partial charge in [0.2, 0.25) is 0 Å². The summed E-state index contributed by atoms with van der Waals surface area (Å²) in [6.45, 7) is 4.46. The molecule has 2 nitrogen and oxygen atoms in total. The van der Waals surface area contributed by atoms with Gasteiger partial charge in [0, 0.05) is 17.6 Å². The van der Waals surface area contributed by atoms with Gasteiger partial charge in [-0.1, -0.05) is 15.9 Å². The monoisotopic (exact) mass is 275 g/mol. The van der Waals surface area contributed by atoms with Gasteiger partial charge in [-0.15, -0.1) is 0 Å². The summed E-state index contributed by atoms with van der Waals surface area (Å²) < 4.78 is 13.7. The number of hydrogen-bond donors (Lipinski definition) is 2. The maximum atomic E-state index is 13.0. The molecule has 0 atom stereocenters. The van der Waals surface area contributed by atoms with E-state index in [0.717, 1.165) is 10.0 Å². The Bertz CT molecular complexity index is 316. The van der Waals surface area contributed by atoms with Gasteiger partial charge in [-0.05, 0) is 37.6 Å². The van der Waals surface area contributed by atoms with Gasteiger partial charge in [0.05, 0.1) is 5.60 Å². The zero-order chi connectivity index (χ0) is 11.5. The van der Waals surface area contributed by atoms with Crippen LogP contribution in [0.15, 0.2) is 22.7 Å². The van der Waals surface area contributed by atoms with Crippen molar-refractivity contribution in [2.75, 3.05) is 6.54 Å². The predicted octanol–water partition coefficient (Wildman–Crippen LogP) is 2.45. The molecule has 1 aromatic rings. The minimum Gasteiger partial charge on any atom is -0.389 e. The minimum absolute atomic E-state index is 0.260. The van der Waals surface area contributed by atoms with Crippen molar-refractivity contribution in [2.24, 2.45) is 0 Å². The molecule has 0 saturated carbocycles. The third kappa shape index (κ3) is 5.25. The van der Waals surface area contributed by atoms with Crippen molar-refractivity contribution in [3.05, 3.63) is 34.1 Å². The molecule has 0 aliphatic carbocycles. The average Bonchev–Trinajstić information content (AvgIpc) is 1.99. The van der Waals surface area contributed by atoms with Crippen molar-refractivity contribution in [1.29, 1.82) is 0 Å². The van der Waals surface area contributed by atoms with Gasteiger partial charge in [0.25, 0.3) is 0 Å². The number of rotatable bonds is 4. The highest BCUT2D eigenvalue weighted by atomic mass is 79.9. The Morgan fingerprint density at radius 1 is 1.40 bits per heavy atom. The number of benzene rings is 1. The van der Waals surface area contributed by atoms with Crippen LogP contribution < -0.4 is 5.32 Å². The first-order valence-electron chi connectivity index (χ1n) is 4.75. The lowest BCUT2D eigenvalue weighted by molar-refractivity contribution is 0.0795. The van der Waals surface area contributed by atoms with Gasteiger partial charge in [-0.25, -0.2) is 4.39 Å². The molecule has 0 aromatic heterocycles. The lowest BCUT2D eigenvalue weighted by atomic mass is 10.1. The Hall–Kier alpha value is -0.450. The molecule has 0 aliphatic rings. The van der Waals surface area contributed by atoms with E-state index in [1.54, 1.807) is 13.8 Å². The van der Waals surface area contributed by atoms with Crippen molar-refractivity contribution < 1.29 is 9.50 Å². The zero-order valence-electron chi connectivity index (χ0n) is 8.85. The summed E-state index contributed by atoms with van der Waals surface area (Å²) in [5, 5.41) is 12.5. The van der Waals surface area contributed by atoms with E-state index < -0.39 is 5.60 Å². The number of hydrogen-bond acceptors (Lipinski definition) is 2. The highest BCUT2D eigenvalue weighted by molar-refractivity contribution is 9.10. The first-order valence-corrected chi connectivity index (χ1v) is 5.54. The Morgan fingerprint density at radius 3 is 2.60 bits per heavy atom. The average molecular weight is 276 g/mol. The van der Waals surface area contributed by atoms with Crippen LogP contribution in [-0.4, -0.2) is 17.3 Å². The summed E-state index contributed by atoms with van der Waals surface area (Å²) in [6.07, 6.45) is 0. The summed E-state index contributed by atoms with van der Waals surface area (Å²) in [7, 11) is 0. The van der Waals surface area contributed by atoms with Crippen LogP contribution in [0.1, 0.15) is 19.4 Å². The maximum Gasteiger partial charge on any atom is 0.124 e. The van der Waals surface area contributed by atoms with Crippen molar-refractivity contribution in [3.8, 4) is 0 Å². The molecule has 15 heavy (non-hydrogen) atoms. The topological polar surface area (TPSA) is 32.3 Å². The summed E-state index contributed by atoms with van der Waals surface area (Å²) in [4.78, 5) is 0. The van der Waals surface area contributed by atoms with Gasteiger partial charge in [0.15, 0.2) is 0 Å². The summed E-state index contributed by atoms with van der Waals surface area (Å²) >= 11 is 3.23. The van der Waals surface area contributed by atoms with Crippen LogP contribution in [0.5, 0.6) is 0 Å². The number of nitrogens with one attached hydrogen (secondary N) is 1. The smallest absolute Gasteiger partial charge is 0.124 e. The molecule has 0 unspecified atom stereocenters. The SMILES string of the molecule is CC(C)(O)CNCc1cc(F)cc(Br)c1. The zero-order valence-corrected chi connectivity index (χ0v) is 10.4. The van der Waals surface area contributed by atoms with Crippen molar-refractivity contribution in [3.63, 3.8) is 0 Å². The molecule has 0 radical (unpaired) electrons. The minimum atomic E-state index is -0.745. The highest BCUT2D eigenvalue weighted by Crippen LogP contribution is 2.14. The maximum absolute atomic E-state index is 13.0. The molecular weight excluding hydrogens is 261 g/mol. The summed E-state index contributed by atoms with van der Waals surface area (Å²) in [5.41, 5.74) is 0.107. The number of aliphatic hydroxyl groups is 1. The molecule has 2 N–H and O–H groups in total. The second kappa shape index (κ2) is 5.05. The first kappa shape index (κ1) is 12.6. The highest BCUT2D eigenvalue weighted by Gasteiger charge is 2.11. The Kier molecular flexibility index (Phi) is 4.25. The van der Waals surface area contributed by atoms with Gasteiger partial charge < -0.3 is 10.4 Å². The van der Waals surface area contributed by atoms with Crippen LogP contribution in [0.2, 0.25) is 0 Å². The normalized spacial score (nSPS) is 11.8. The molecule has 0 heterocycles. The van der Waals surface area contributed by atoms with E-state index in [-0.39, 0.29) is 5.82 Å². The van der Waals surface area contributed by atoms with Crippen LogP contribution in [0.25, 0.3) is 0 Å². The van der Waals surface area contributed by atoms with Crippen LogP contribution in [-0.2, 0) is 6.54 Å². The second-order valence-corrected chi connectivity index (χ2v) is 5.11. The quantitative estimate of drug-likeness (QED) is 0.885. The lowest BCUT2D eigenvalue weighted by Gasteiger charge is -2.17. The van der Waals surface area contributed by atoms with Gasteiger partial charge >= 0.3 is 0 Å². The molecule has 0 aliphatic heterocycles. The van der Waals surface area contributed by atoms with Crippen molar-refractivity contribution >= 4 is 15.9 Å². The van der Waals surface area contributed by atoms with Crippen molar-refractivity contribution in [1.82, 2.24) is 5.32 Å². The standard InChI is InChI=1S/C11H15BrFNO/c1-11(2,15)7-14-6-8-3-9(12)5-10(13)4-8/h3-5,14-15H,6-7H2,1-2H3. The van der Waals surface area contributed by atoms with E-state index in [9.17, 15) is 9.50 Å². The largest absolute Gasteiger partial charge is 0.389 e. The fourth-order valence-corrected chi connectivity index (χ4v) is 1.74. The summed E-state index contributed by atoms with van der Waals surface area (Å²) in [6, 6.07) is 4.74. The van der Waals surface area contributed by atoms with Crippen LogP contribution in [0.3, 0.4) is 0 Å². The van der Waals surface area contributed by atoms with Gasteiger partial charge in [-0.3, -0.25) is 0 Å². The van der Waals surface area contributed by atoms with Crippen LogP contribution in [0.4, 0.5) is 4.39 Å². The van der Waals surface area contributed by atoms with E-state index >= 15 is 0 Å². The van der Waals surface area contributed by atoms with Crippen LogP contribution in [0, 0.1) is 5.82 Å². The number of halogens is 2. The predicted molar refractivity (Wildman–Crippen MR) is 62.1 cm³/mol. The molecule has 0 spiro atoms. The van der Waals surface area contributed by atoms with E-state index in [0.29, 0.717) is 13.1 Å². The fourth-order valence-electron chi connectivity index (χ4n) is 1.23. The molecule has 84 valence electrons. The van der Waals surface area contributed by atoms with E-state index in [1.165, 1.54) is 12.1 Å². The van der Waals surface area contributed by atoms with E-state index in [2.05, 4.69) is 21.2 Å². The van der Waals surface area contributed by atoms with Crippen molar-refractivity contribution in [2.45, 2.75) is 26.0 Å². The summed E-state index contributed by atoms with van der Waals surface area (Å²) in [5.74, 6) is -0.260. The third-order valence-electron chi connectivity index (χ3n) is 1.81. The Balaban J connectivity index is 2.51. The van der Waals surface area contributed by atoms with E-state index in [4.69, 9.17) is 0 Å². The van der Waals surface area contributed by atoms with Gasteiger partial charge in [-0.2, -0.15) is 0 Å². The van der Waals surface area contributed by atoms with Crippen LogP contribution >= 0.6 is 15.9 Å². The molecule has 1 aromatic carbocycles. The van der Waals surface area contributed by atoms with Gasteiger partial charge in [0.1, 0.15) is 5.82 Å². The molecule has 0 fully saturated rings. The fraction of sp³-hybridized carbons (Fsp3) is 0.455. The Morgan fingerprint density at radius 2 is 2.07 bits per heavy atom. The molecule has 0 amide bonds. The third-order valence-corrected chi connectivity index (χ3v) is 2.27. The molecule has 0 saturated heterocycles. The molecule has 1 rings (SSSR count).